The van der Waals surface area contributed by atoms with Crippen LogP contribution in [0.1, 0.15) is 24.9 Å². The highest BCUT2D eigenvalue weighted by Gasteiger charge is 2.14. The molecule has 0 aliphatic rings. The summed E-state index contributed by atoms with van der Waals surface area (Å²) in [5.41, 5.74) is 6.49. The lowest BCUT2D eigenvalue weighted by molar-refractivity contribution is 0.140. The molecule has 0 spiro atoms. The molecule has 72 valence electrons. The summed E-state index contributed by atoms with van der Waals surface area (Å²) in [7, 11) is 0. The van der Waals surface area contributed by atoms with Gasteiger partial charge in [0.25, 0.3) is 0 Å². The molecule has 0 aliphatic heterocycles. The van der Waals surface area contributed by atoms with Gasteiger partial charge in [0.1, 0.15) is 5.82 Å². The fourth-order valence-electron chi connectivity index (χ4n) is 1.16. The molecular weight excluding hydrogens is 169 g/mol. The molecular formula is C10H14FNO. The van der Waals surface area contributed by atoms with E-state index in [0.29, 0.717) is 6.42 Å². The number of hydrogen-bond acceptors (Lipinski definition) is 2. The molecule has 0 heterocycles. The van der Waals surface area contributed by atoms with Gasteiger partial charge in [-0.25, -0.2) is 4.39 Å². The summed E-state index contributed by atoms with van der Waals surface area (Å²) in [5, 5.41) is 9.43. The van der Waals surface area contributed by atoms with Crippen LogP contribution in [0.15, 0.2) is 24.3 Å². The summed E-state index contributed by atoms with van der Waals surface area (Å²) in [6.45, 7) is 1.86. The van der Waals surface area contributed by atoms with E-state index >= 15 is 0 Å². The first-order valence-corrected chi connectivity index (χ1v) is 4.34. The van der Waals surface area contributed by atoms with E-state index in [0.717, 1.165) is 5.56 Å². The molecule has 0 bridgehead atoms. The molecule has 3 N–H and O–H groups in total. The SMILES string of the molecule is CC[C@H](O)[C@H](N)c1ccc(F)cc1. The van der Waals surface area contributed by atoms with Gasteiger partial charge in [0.2, 0.25) is 0 Å². The van der Waals surface area contributed by atoms with Crippen LogP contribution in [0.3, 0.4) is 0 Å². The molecule has 1 aromatic rings. The first-order chi connectivity index (χ1) is 6.15. The van der Waals surface area contributed by atoms with Gasteiger partial charge in [-0.2, -0.15) is 0 Å². The minimum Gasteiger partial charge on any atom is -0.391 e. The van der Waals surface area contributed by atoms with Gasteiger partial charge in [-0.3, -0.25) is 0 Å². The van der Waals surface area contributed by atoms with E-state index in [9.17, 15) is 9.50 Å². The average Bonchev–Trinajstić information content (AvgIpc) is 2.17. The Labute approximate surface area is 77.2 Å². The molecule has 0 amide bonds. The molecule has 0 aromatic heterocycles. The summed E-state index contributed by atoms with van der Waals surface area (Å²) in [6.07, 6.45) is 0.0314. The Bertz CT molecular complexity index is 260. The van der Waals surface area contributed by atoms with Gasteiger partial charge < -0.3 is 10.8 Å². The van der Waals surface area contributed by atoms with Crippen molar-refractivity contribution < 1.29 is 9.50 Å². The van der Waals surface area contributed by atoms with Crippen molar-refractivity contribution in [3.63, 3.8) is 0 Å². The first-order valence-electron chi connectivity index (χ1n) is 4.34. The fourth-order valence-corrected chi connectivity index (χ4v) is 1.16. The van der Waals surface area contributed by atoms with Crippen molar-refractivity contribution >= 4 is 0 Å². The van der Waals surface area contributed by atoms with E-state index in [1.165, 1.54) is 12.1 Å². The maximum absolute atomic E-state index is 12.5. The molecule has 0 unspecified atom stereocenters. The zero-order valence-electron chi connectivity index (χ0n) is 7.57. The predicted octanol–water partition coefficient (Wildman–Crippen LogP) is 1.60. The summed E-state index contributed by atoms with van der Waals surface area (Å²) in [4.78, 5) is 0. The minimum atomic E-state index is -0.564. The molecule has 0 radical (unpaired) electrons. The molecule has 0 saturated carbocycles. The van der Waals surface area contributed by atoms with Crippen LogP contribution in [-0.2, 0) is 0 Å². The smallest absolute Gasteiger partial charge is 0.123 e. The number of halogens is 1. The second kappa shape index (κ2) is 4.35. The maximum atomic E-state index is 12.5. The van der Waals surface area contributed by atoms with Gasteiger partial charge in [-0.05, 0) is 24.1 Å². The quantitative estimate of drug-likeness (QED) is 0.747. The van der Waals surface area contributed by atoms with Crippen molar-refractivity contribution in [1.82, 2.24) is 0 Å². The highest BCUT2D eigenvalue weighted by molar-refractivity contribution is 5.20. The second-order valence-electron chi connectivity index (χ2n) is 3.05. The third-order valence-corrected chi connectivity index (χ3v) is 2.09. The van der Waals surface area contributed by atoms with E-state index in [1.807, 2.05) is 6.92 Å². The lowest BCUT2D eigenvalue weighted by Gasteiger charge is -2.17. The summed E-state index contributed by atoms with van der Waals surface area (Å²) >= 11 is 0. The van der Waals surface area contributed by atoms with Crippen LogP contribution >= 0.6 is 0 Å². The summed E-state index contributed by atoms with van der Waals surface area (Å²) in [5.74, 6) is -0.290. The van der Waals surface area contributed by atoms with Crippen LogP contribution in [-0.4, -0.2) is 11.2 Å². The third kappa shape index (κ3) is 2.50. The zero-order valence-corrected chi connectivity index (χ0v) is 7.57. The topological polar surface area (TPSA) is 46.2 Å². The Kier molecular flexibility index (Phi) is 3.39. The molecule has 0 aliphatic carbocycles. The lowest BCUT2D eigenvalue weighted by Crippen LogP contribution is -2.25. The first kappa shape index (κ1) is 10.2. The van der Waals surface area contributed by atoms with Crippen LogP contribution < -0.4 is 5.73 Å². The second-order valence-corrected chi connectivity index (χ2v) is 3.05. The molecule has 0 fully saturated rings. The van der Waals surface area contributed by atoms with E-state index < -0.39 is 12.1 Å². The fraction of sp³-hybridized carbons (Fsp3) is 0.400. The van der Waals surface area contributed by atoms with Crippen molar-refractivity contribution in [2.75, 3.05) is 0 Å². The third-order valence-electron chi connectivity index (χ3n) is 2.09. The minimum absolute atomic E-state index is 0.290. The maximum Gasteiger partial charge on any atom is 0.123 e. The molecule has 2 atom stereocenters. The van der Waals surface area contributed by atoms with Gasteiger partial charge >= 0.3 is 0 Å². The van der Waals surface area contributed by atoms with Crippen molar-refractivity contribution in [2.24, 2.45) is 5.73 Å². The summed E-state index contributed by atoms with van der Waals surface area (Å²) in [6, 6.07) is 5.46. The van der Waals surface area contributed by atoms with Crippen LogP contribution in [0, 0.1) is 5.82 Å². The molecule has 2 nitrogen and oxygen atoms in total. The number of benzene rings is 1. The van der Waals surface area contributed by atoms with E-state index in [1.54, 1.807) is 12.1 Å². The predicted molar refractivity (Wildman–Crippen MR) is 49.6 cm³/mol. The van der Waals surface area contributed by atoms with Gasteiger partial charge in [-0.15, -0.1) is 0 Å². The monoisotopic (exact) mass is 183 g/mol. The van der Waals surface area contributed by atoms with Crippen LogP contribution in [0.2, 0.25) is 0 Å². The van der Waals surface area contributed by atoms with Gasteiger partial charge in [0.15, 0.2) is 0 Å². The van der Waals surface area contributed by atoms with Crippen LogP contribution in [0.25, 0.3) is 0 Å². The largest absolute Gasteiger partial charge is 0.391 e. The van der Waals surface area contributed by atoms with E-state index in [-0.39, 0.29) is 5.82 Å². The Morgan fingerprint density at radius 1 is 1.38 bits per heavy atom. The molecule has 0 saturated heterocycles. The molecule has 1 aromatic carbocycles. The Morgan fingerprint density at radius 2 is 1.92 bits per heavy atom. The van der Waals surface area contributed by atoms with E-state index in [4.69, 9.17) is 5.73 Å². The standard InChI is InChI=1S/C10H14FNO/c1-2-9(13)10(12)7-3-5-8(11)6-4-7/h3-6,9-10,13H,2,12H2,1H3/t9-,10+/m0/s1. The molecule has 13 heavy (non-hydrogen) atoms. The van der Waals surface area contributed by atoms with Gasteiger partial charge in [0, 0.05) is 0 Å². The number of nitrogens with two attached hydrogens (primary N) is 1. The van der Waals surface area contributed by atoms with Crippen molar-refractivity contribution in [2.45, 2.75) is 25.5 Å². The van der Waals surface area contributed by atoms with Crippen molar-refractivity contribution in [1.29, 1.82) is 0 Å². The van der Waals surface area contributed by atoms with E-state index in [2.05, 4.69) is 0 Å². The van der Waals surface area contributed by atoms with Gasteiger partial charge in [-0.1, -0.05) is 19.1 Å². The van der Waals surface area contributed by atoms with Crippen LogP contribution in [0.5, 0.6) is 0 Å². The zero-order chi connectivity index (χ0) is 9.84. The number of aliphatic hydroxyl groups is 1. The van der Waals surface area contributed by atoms with Gasteiger partial charge in [0.05, 0.1) is 12.1 Å². The normalized spacial score (nSPS) is 15.4. The van der Waals surface area contributed by atoms with Crippen molar-refractivity contribution in [3.8, 4) is 0 Å². The van der Waals surface area contributed by atoms with Crippen molar-refractivity contribution in [3.05, 3.63) is 35.6 Å². The average molecular weight is 183 g/mol. The number of hydrogen-bond donors (Lipinski definition) is 2. The molecule has 3 heteroatoms. The lowest BCUT2D eigenvalue weighted by atomic mass is 10.0. The molecule has 1 rings (SSSR count). The Morgan fingerprint density at radius 3 is 2.38 bits per heavy atom. The Hall–Kier alpha value is -0.930. The number of rotatable bonds is 3. The Balaban J connectivity index is 2.77. The number of aliphatic hydroxyl groups excluding tert-OH is 1. The van der Waals surface area contributed by atoms with Crippen LogP contribution in [0.4, 0.5) is 4.39 Å². The highest BCUT2D eigenvalue weighted by Crippen LogP contribution is 2.16. The highest BCUT2D eigenvalue weighted by atomic mass is 19.1. The summed E-state index contributed by atoms with van der Waals surface area (Å²) < 4.78 is 12.5.